The van der Waals surface area contributed by atoms with Crippen LogP contribution < -0.4 is 4.74 Å². The van der Waals surface area contributed by atoms with Gasteiger partial charge in [0.15, 0.2) is 0 Å². The molecule has 1 aromatic heterocycles. The van der Waals surface area contributed by atoms with Gasteiger partial charge < -0.3 is 4.74 Å². The fourth-order valence-electron chi connectivity index (χ4n) is 0.817. The molecule has 0 aromatic carbocycles. The van der Waals surface area contributed by atoms with E-state index in [0.717, 1.165) is 17.0 Å². The maximum atomic E-state index is 5.06. The Morgan fingerprint density at radius 2 is 1.57 bits per heavy atom. The zero-order valence-electron chi connectivity index (χ0n) is 10.5. The van der Waals surface area contributed by atoms with Crippen LogP contribution in [0.2, 0.25) is 0 Å². The molecule has 2 heteroatoms. The molecule has 0 aliphatic rings. The lowest BCUT2D eigenvalue weighted by Crippen LogP contribution is -1.90. The lowest BCUT2D eigenvalue weighted by Gasteiger charge is -2.02. The summed E-state index contributed by atoms with van der Waals surface area (Å²) in [5.41, 5.74) is 2.07. The summed E-state index contributed by atoms with van der Waals surface area (Å²) in [6.07, 6.45) is 1.83. The van der Waals surface area contributed by atoms with Gasteiger partial charge in [0.05, 0.1) is 12.8 Å². The number of ether oxygens (including phenoxy) is 1. The number of nitrogens with zero attached hydrogens (tertiary/aromatic N) is 1. The summed E-state index contributed by atoms with van der Waals surface area (Å²) in [5, 5.41) is 0. The summed E-state index contributed by atoms with van der Waals surface area (Å²) < 4.78 is 5.06. The second-order valence-corrected chi connectivity index (χ2v) is 2.30. The van der Waals surface area contributed by atoms with E-state index in [-0.39, 0.29) is 0 Å². The van der Waals surface area contributed by atoms with Gasteiger partial charge in [0.25, 0.3) is 0 Å². The van der Waals surface area contributed by atoms with Crippen molar-refractivity contribution in [1.29, 1.82) is 0 Å². The van der Waals surface area contributed by atoms with Gasteiger partial charge in [0.2, 0.25) is 0 Å². The average Bonchev–Trinajstić information content (AvgIpc) is 2.27. The molecule has 0 atom stereocenters. The first-order valence-corrected chi connectivity index (χ1v) is 5.21. The van der Waals surface area contributed by atoms with Crippen molar-refractivity contribution in [3.05, 3.63) is 23.5 Å². The minimum Gasteiger partial charge on any atom is -0.495 e. The van der Waals surface area contributed by atoms with Crippen molar-refractivity contribution in [2.75, 3.05) is 7.11 Å². The first-order chi connectivity index (χ1) is 6.74. The Morgan fingerprint density at radius 1 is 1.07 bits per heavy atom. The zero-order chi connectivity index (χ0) is 11.6. The summed E-state index contributed by atoms with van der Waals surface area (Å²) in [6.45, 7) is 11.9. The standard InChI is InChI=1S/C8H11NO.2C2H6/c1-6-4-8(10-3)7(2)9-5-6;2*1-2/h4-5H,1-3H3;2*1-2H3. The molecule has 0 aliphatic heterocycles. The molecule has 2 nitrogen and oxygen atoms in total. The highest BCUT2D eigenvalue weighted by atomic mass is 16.5. The van der Waals surface area contributed by atoms with Crippen molar-refractivity contribution in [3.8, 4) is 5.75 Å². The van der Waals surface area contributed by atoms with Crippen LogP contribution in [0.4, 0.5) is 0 Å². The van der Waals surface area contributed by atoms with Gasteiger partial charge in [0.1, 0.15) is 5.75 Å². The molecule has 0 spiro atoms. The van der Waals surface area contributed by atoms with Crippen LogP contribution in [0.3, 0.4) is 0 Å². The molecule has 1 aromatic rings. The van der Waals surface area contributed by atoms with Crippen LogP contribution >= 0.6 is 0 Å². The SMILES string of the molecule is CC.CC.COc1cc(C)cnc1C. The molecule has 82 valence electrons. The molecular formula is C12H23NO. The molecule has 0 amide bonds. The van der Waals surface area contributed by atoms with E-state index >= 15 is 0 Å². The third-order valence-electron chi connectivity index (χ3n) is 1.40. The lowest BCUT2D eigenvalue weighted by molar-refractivity contribution is 0.409. The van der Waals surface area contributed by atoms with Gasteiger partial charge in [-0.05, 0) is 25.5 Å². The Balaban J connectivity index is 0. The Bertz CT molecular complexity index is 234. The van der Waals surface area contributed by atoms with Crippen molar-refractivity contribution in [2.45, 2.75) is 41.5 Å². The second kappa shape index (κ2) is 10.0. The van der Waals surface area contributed by atoms with E-state index in [1.54, 1.807) is 7.11 Å². The minimum atomic E-state index is 0.861. The van der Waals surface area contributed by atoms with Gasteiger partial charge in [-0.1, -0.05) is 27.7 Å². The number of rotatable bonds is 1. The monoisotopic (exact) mass is 197 g/mol. The van der Waals surface area contributed by atoms with Crippen LogP contribution in [0.1, 0.15) is 39.0 Å². The van der Waals surface area contributed by atoms with Crippen LogP contribution in [-0.2, 0) is 0 Å². The Kier molecular flexibility index (Phi) is 11.1. The van der Waals surface area contributed by atoms with E-state index in [9.17, 15) is 0 Å². The van der Waals surface area contributed by atoms with Crippen LogP contribution in [-0.4, -0.2) is 12.1 Å². The molecule has 14 heavy (non-hydrogen) atoms. The van der Waals surface area contributed by atoms with Gasteiger partial charge in [-0.3, -0.25) is 4.98 Å². The summed E-state index contributed by atoms with van der Waals surface area (Å²) in [7, 11) is 1.66. The fraction of sp³-hybridized carbons (Fsp3) is 0.583. The minimum absolute atomic E-state index is 0.861. The van der Waals surface area contributed by atoms with Crippen LogP contribution in [0.5, 0.6) is 5.75 Å². The summed E-state index contributed by atoms with van der Waals surface area (Å²) in [5.74, 6) is 0.861. The fourth-order valence-corrected chi connectivity index (χ4v) is 0.817. The van der Waals surface area contributed by atoms with Crippen molar-refractivity contribution in [2.24, 2.45) is 0 Å². The third-order valence-corrected chi connectivity index (χ3v) is 1.40. The van der Waals surface area contributed by atoms with Gasteiger partial charge in [-0.15, -0.1) is 0 Å². The zero-order valence-corrected chi connectivity index (χ0v) is 10.5. The maximum absolute atomic E-state index is 5.06. The van der Waals surface area contributed by atoms with E-state index in [1.165, 1.54) is 0 Å². The van der Waals surface area contributed by atoms with Crippen molar-refractivity contribution in [3.63, 3.8) is 0 Å². The average molecular weight is 197 g/mol. The molecular weight excluding hydrogens is 174 g/mol. The lowest BCUT2D eigenvalue weighted by atomic mass is 10.2. The second-order valence-electron chi connectivity index (χ2n) is 2.30. The first-order valence-electron chi connectivity index (χ1n) is 5.21. The third kappa shape index (κ3) is 5.57. The predicted molar refractivity (Wildman–Crippen MR) is 63.0 cm³/mol. The Hall–Kier alpha value is -1.05. The largest absolute Gasteiger partial charge is 0.495 e. The quantitative estimate of drug-likeness (QED) is 0.684. The van der Waals surface area contributed by atoms with E-state index in [0.29, 0.717) is 0 Å². The number of hydrogen-bond donors (Lipinski definition) is 0. The van der Waals surface area contributed by atoms with Gasteiger partial charge >= 0.3 is 0 Å². The summed E-state index contributed by atoms with van der Waals surface area (Å²) in [4.78, 5) is 4.12. The molecule has 1 heterocycles. The molecule has 0 saturated heterocycles. The van der Waals surface area contributed by atoms with Crippen LogP contribution in [0, 0.1) is 13.8 Å². The molecule has 0 aliphatic carbocycles. The molecule has 1 rings (SSSR count). The smallest absolute Gasteiger partial charge is 0.140 e. The highest BCUT2D eigenvalue weighted by molar-refractivity contribution is 5.29. The number of aryl methyl sites for hydroxylation is 2. The van der Waals surface area contributed by atoms with Gasteiger partial charge in [-0.25, -0.2) is 0 Å². The molecule has 0 bridgehead atoms. The van der Waals surface area contributed by atoms with Crippen LogP contribution in [0.25, 0.3) is 0 Å². The maximum Gasteiger partial charge on any atom is 0.140 e. The van der Waals surface area contributed by atoms with Gasteiger partial charge in [0, 0.05) is 6.20 Å². The Labute approximate surface area is 88.3 Å². The highest BCUT2D eigenvalue weighted by Gasteiger charge is 1.96. The van der Waals surface area contributed by atoms with Crippen molar-refractivity contribution < 1.29 is 4.74 Å². The molecule has 0 saturated carbocycles. The van der Waals surface area contributed by atoms with Crippen LogP contribution in [0.15, 0.2) is 12.3 Å². The van der Waals surface area contributed by atoms with Crippen molar-refractivity contribution >= 4 is 0 Å². The molecule has 0 N–H and O–H groups in total. The van der Waals surface area contributed by atoms with Gasteiger partial charge in [-0.2, -0.15) is 0 Å². The summed E-state index contributed by atoms with van der Waals surface area (Å²) >= 11 is 0. The van der Waals surface area contributed by atoms with E-state index in [2.05, 4.69) is 4.98 Å². The normalized spacial score (nSPS) is 7.64. The molecule has 0 unspecified atom stereocenters. The highest BCUT2D eigenvalue weighted by Crippen LogP contribution is 2.14. The van der Waals surface area contributed by atoms with E-state index < -0.39 is 0 Å². The summed E-state index contributed by atoms with van der Waals surface area (Å²) in [6, 6.07) is 1.97. The van der Waals surface area contributed by atoms with E-state index in [4.69, 9.17) is 4.74 Å². The Morgan fingerprint density at radius 3 is 1.93 bits per heavy atom. The van der Waals surface area contributed by atoms with E-state index in [1.807, 2.05) is 53.8 Å². The number of methoxy groups -OCH3 is 1. The molecule has 0 fully saturated rings. The molecule has 0 radical (unpaired) electrons. The number of pyridine rings is 1. The topological polar surface area (TPSA) is 22.1 Å². The number of aromatic nitrogens is 1. The first kappa shape index (κ1) is 15.4. The van der Waals surface area contributed by atoms with Crippen molar-refractivity contribution in [1.82, 2.24) is 4.98 Å². The number of hydrogen-bond acceptors (Lipinski definition) is 2. The predicted octanol–water partition coefficient (Wildman–Crippen LogP) is 3.76.